The van der Waals surface area contributed by atoms with E-state index in [2.05, 4.69) is 15.0 Å². The summed E-state index contributed by atoms with van der Waals surface area (Å²) in [7, 11) is -1.51. The maximum atomic E-state index is 11.9. The van der Waals surface area contributed by atoms with Crippen LogP contribution in [0.4, 0.5) is 0 Å². The minimum absolute atomic E-state index is 0.00746. The van der Waals surface area contributed by atoms with Gasteiger partial charge in [0.05, 0.1) is 23.7 Å². The van der Waals surface area contributed by atoms with Crippen LogP contribution in [-0.2, 0) is 15.5 Å². The maximum Gasteiger partial charge on any atom is 0.279 e. The number of H-pyrrole nitrogens is 1. The largest absolute Gasteiger partial charge is 0.394 e. The Morgan fingerprint density at radius 3 is 2.77 bits per heavy atom. The molecule has 0 radical (unpaired) electrons. The summed E-state index contributed by atoms with van der Waals surface area (Å²) in [6, 6.07) is 0. The van der Waals surface area contributed by atoms with E-state index in [1.807, 2.05) is 0 Å². The third-order valence-electron chi connectivity index (χ3n) is 3.47. The van der Waals surface area contributed by atoms with E-state index in [0.29, 0.717) is 0 Å². The Labute approximate surface area is 125 Å². The highest BCUT2D eigenvalue weighted by molar-refractivity contribution is 7.84. The van der Waals surface area contributed by atoms with Gasteiger partial charge in [0, 0.05) is 6.26 Å². The Kier molecular flexibility index (Phi) is 3.82. The topological polar surface area (TPSA) is 151 Å². The van der Waals surface area contributed by atoms with Crippen molar-refractivity contribution >= 4 is 22.0 Å². The van der Waals surface area contributed by atoms with Crippen LogP contribution in [0.15, 0.2) is 16.3 Å². The van der Waals surface area contributed by atoms with Crippen molar-refractivity contribution in [3.05, 3.63) is 16.7 Å². The number of hydrogen-bond acceptors (Lipinski definition) is 8. The predicted octanol–water partition coefficient (Wildman–Crippen LogP) is -2.53. The lowest BCUT2D eigenvalue weighted by Gasteiger charge is -2.16. The molecule has 11 heteroatoms. The third-order valence-corrected chi connectivity index (χ3v) is 4.21. The number of aromatic nitrogens is 4. The molecule has 3 heterocycles. The molecule has 22 heavy (non-hydrogen) atoms. The van der Waals surface area contributed by atoms with Crippen molar-refractivity contribution in [2.75, 3.05) is 12.9 Å². The van der Waals surface area contributed by atoms with Crippen LogP contribution < -0.4 is 5.56 Å². The van der Waals surface area contributed by atoms with E-state index < -0.39 is 47.5 Å². The number of imidazole rings is 1. The van der Waals surface area contributed by atoms with Crippen molar-refractivity contribution in [2.24, 2.45) is 0 Å². The number of nitrogens with one attached hydrogen (secondary N) is 1. The highest BCUT2D eigenvalue weighted by Gasteiger charge is 2.44. The normalized spacial score (nSPS) is 30.0. The molecule has 0 bridgehead atoms. The fraction of sp³-hybridized carbons (Fsp3) is 0.545. The molecule has 0 saturated carbocycles. The van der Waals surface area contributed by atoms with Gasteiger partial charge in [0.25, 0.3) is 5.56 Å². The van der Waals surface area contributed by atoms with Gasteiger partial charge in [-0.25, -0.2) is 9.97 Å². The first-order chi connectivity index (χ1) is 10.4. The number of aliphatic hydroxyl groups is 3. The van der Waals surface area contributed by atoms with E-state index in [9.17, 15) is 19.2 Å². The van der Waals surface area contributed by atoms with E-state index in [1.54, 1.807) is 0 Å². The molecule has 0 amide bonds. The summed E-state index contributed by atoms with van der Waals surface area (Å²) in [6.07, 6.45) is -2.04. The van der Waals surface area contributed by atoms with Crippen LogP contribution in [0.1, 0.15) is 6.23 Å². The second-order valence-corrected chi connectivity index (χ2v) is 6.17. The molecule has 2 aromatic rings. The van der Waals surface area contributed by atoms with Crippen molar-refractivity contribution in [1.82, 2.24) is 19.5 Å². The molecule has 1 aliphatic rings. The summed E-state index contributed by atoms with van der Waals surface area (Å²) in [5, 5.41) is 28.9. The van der Waals surface area contributed by atoms with Crippen LogP contribution in [0.5, 0.6) is 0 Å². The van der Waals surface area contributed by atoms with Crippen molar-refractivity contribution < 1.29 is 24.3 Å². The number of hydrogen-bond donors (Lipinski definition) is 4. The highest BCUT2D eigenvalue weighted by atomic mass is 32.2. The van der Waals surface area contributed by atoms with Crippen LogP contribution >= 0.6 is 0 Å². The average Bonchev–Trinajstić information content (AvgIpc) is 3.02. The highest BCUT2D eigenvalue weighted by Crippen LogP contribution is 2.30. The Hall–Kier alpha value is -1.66. The molecule has 2 aromatic heterocycles. The minimum Gasteiger partial charge on any atom is -0.394 e. The second kappa shape index (κ2) is 5.52. The Morgan fingerprint density at radius 2 is 2.18 bits per heavy atom. The first-order valence-corrected chi connectivity index (χ1v) is 7.92. The van der Waals surface area contributed by atoms with E-state index in [0.717, 1.165) is 0 Å². The molecule has 10 nitrogen and oxygen atoms in total. The molecule has 1 fully saturated rings. The van der Waals surface area contributed by atoms with Gasteiger partial charge in [0.2, 0.25) is 5.16 Å². The molecule has 1 unspecified atom stereocenters. The summed E-state index contributed by atoms with van der Waals surface area (Å²) in [6.45, 7) is -0.473. The van der Waals surface area contributed by atoms with Crippen molar-refractivity contribution in [3.8, 4) is 0 Å². The summed E-state index contributed by atoms with van der Waals surface area (Å²) in [5.74, 6) is 0. The molecule has 120 valence electrons. The van der Waals surface area contributed by atoms with Crippen LogP contribution in [0.25, 0.3) is 11.2 Å². The first-order valence-electron chi connectivity index (χ1n) is 6.36. The van der Waals surface area contributed by atoms with E-state index in [4.69, 9.17) is 9.84 Å². The third kappa shape index (κ3) is 2.27. The van der Waals surface area contributed by atoms with Crippen molar-refractivity contribution in [3.63, 3.8) is 0 Å². The van der Waals surface area contributed by atoms with Gasteiger partial charge >= 0.3 is 0 Å². The zero-order chi connectivity index (χ0) is 16.0. The smallest absolute Gasteiger partial charge is 0.279 e. The van der Waals surface area contributed by atoms with Crippen LogP contribution in [0, 0.1) is 0 Å². The molecule has 0 aliphatic carbocycles. The average molecular weight is 332 g/mol. The van der Waals surface area contributed by atoms with E-state index in [-0.39, 0.29) is 16.3 Å². The zero-order valence-electron chi connectivity index (χ0n) is 11.4. The number of ether oxygens (including phenoxy) is 1. The van der Waals surface area contributed by atoms with Crippen molar-refractivity contribution in [2.45, 2.75) is 29.7 Å². The Bertz CT molecular complexity index is 788. The summed E-state index contributed by atoms with van der Waals surface area (Å²) < 4.78 is 18.1. The number of fused-ring (bicyclic) bond motifs is 1. The van der Waals surface area contributed by atoms with Crippen LogP contribution in [-0.4, -0.2) is 70.2 Å². The minimum atomic E-state index is -1.51. The summed E-state index contributed by atoms with van der Waals surface area (Å²) >= 11 is 0. The number of aromatic amines is 1. The molecule has 5 atom stereocenters. The van der Waals surface area contributed by atoms with Gasteiger partial charge in [-0.1, -0.05) is 0 Å². The zero-order valence-corrected chi connectivity index (χ0v) is 12.2. The van der Waals surface area contributed by atoms with Gasteiger partial charge in [0.1, 0.15) is 18.3 Å². The number of rotatable bonds is 3. The second-order valence-electron chi connectivity index (χ2n) is 4.88. The molecule has 0 aromatic carbocycles. The van der Waals surface area contributed by atoms with Gasteiger partial charge in [-0.15, -0.1) is 0 Å². The first kappa shape index (κ1) is 15.2. The quantitative estimate of drug-likeness (QED) is 0.449. The molecule has 1 aliphatic heterocycles. The van der Waals surface area contributed by atoms with Gasteiger partial charge in [-0.2, -0.15) is 0 Å². The number of nitrogens with zero attached hydrogens (tertiary/aromatic N) is 3. The maximum absolute atomic E-state index is 11.9. The summed E-state index contributed by atoms with van der Waals surface area (Å²) in [4.78, 5) is 22.2. The van der Waals surface area contributed by atoms with Gasteiger partial charge < -0.3 is 20.1 Å². The fourth-order valence-corrected chi connectivity index (χ4v) is 2.79. The number of aliphatic hydroxyl groups excluding tert-OH is 3. The van der Waals surface area contributed by atoms with Crippen LogP contribution in [0.3, 0.4) is 0 Å². The molecular weight excluding hydrogens is 318 g/mol. The monoisotopic (exact) mass is 332 g/mol. The van der Waals surface area contributed by atoms with E-state index >= 15 is 0 Å². The lowest BCUT2D eigenvalue weighted by Crippen LogP contribution is -2.33. The lowest BCUT2D eigenvalue weighted by molar-refractivity contribution is -0.0511. The lowest BCUT2D eigenvalue weighted by atomic mass is 10.1. The molecular formula is C11H14N4O6S. The SMILES string of the molecule is CS(=O)c1[15n]c2c(ncn2[C@@H]2O[C@H](CO)[C@@H](O)[C@H]2O)c(=O)[15nH]1. The fourth-order valence-electron chi connectivity index (χ4n) is 2.34. The molecule has 3 rings (SSSR count). The predicted molar refractivity (Wildman–Crippen MR) is 73.5 cm³/mol. The molecule has 0 spiro atoms. The summed E-state index contributed by atoms with van der Waals surface area (Å²) in [5.41, 5.74) is -0.503. The van der Waals surface area contributed by atoms with Crippen molar-refractivity contribution in [1.29, 1.82) is 0 Å². The van der Waals surface area contributed by atoms with Gasteiger partial charge in [0.15, 0.2) is 17.4 Å². The Balaban J connectivity index is 2.12. The standard InChI is InChI=1S/C11H14N4O6S/c1-22(20)11-13-8-5(9(19)14-11)12-3-15(8)10-7(18)6(17)4(2-16)21-10/h3-4,6-7,10,16-18H,2H2,1H3,(H,13,14,19)/t4-,6-,7-,10-,22?/m1/s1/i13+1,14+1. The Morgan fingerprint density at radius 1 is 1.45 bits per heavy atom. The molecule has 4 N–H and O–H groups in total. The van der Waals surface area contributed by atoms with E-state index in [1.165, 1.54) is 17.2 Å². The van der Waals surface area contributed by atoms with Gasteiger partial charge in [-0.3, -0.25) is 18.6 Å². The van der Waals surface area contributed by atoms with Gasteiger partial charge in [-0.05, 0) is 0 Å². The van der Waals surface area contributed by atoms with Crippen LogP contribution in [0.2, 0.25) is 0 Å². The molecule has 1 saturated heterocycles.